The molecule has 5 rings (SSSR count). The Bertz CT molecular complexity index is 1960. The third kappa shape index (κ3) is 5.77. The molecule has 0 atom stereocenters. The molecule has 1 amide bonds. The molecule has 0 spiro atoms. The van der Waals surface area contributed by atoms with E-state index in [1.807, 2.05) is 0 Å². The monoisotopic (exact) mass is 592 g/mol. The summed E-state index contributed by atoms with van der Waals surface area (Å²) in [5.41, 5.74) is -2.01. The van der Waals surface area contributed by atoms with Crippen molar-refractivity contribution in [1.29, 1.82) is 0 Å². The quantitative estimate of drug-likeness (QED) is 0.260. The molecule has 0 aliphatic rings. The number of carbonyl (C=O) groups excluding carboxylic acids is 1. The lowest BCUT2D eigenvalue weighted by atomic mass is 10.1. The molecule has 220 valence electrons. The number of methoxy groups -OCH3 is 2. The summed E-state index contributed by atoms with van der Waals surface area (Å²) in [5, 5.41) is 2.93. The van der Waals surface area contributed by atoms with E-state index in [1.165, 1.54) is 44.7 Å². The van der Waals surface area contributed by atoms with Gasteiger partial charge in [0.15, 0.2) is 23.1 Å². The standard InChI is InChI=1S/C30H23F3N4O6/c1-41-26-14-20-23(15-27(26)42-2)34-11-9-24(20)43-25-8-5-18(13-22(25)33)35-28(38)21-16-36(12-10-31)30(40)37(29(21)39)19-6-3-17(32)4-7-19/h3-9,11,13-16H,10,12H2,1-2H3,(H,35,38). The number of aromatic nitrogens is 3. The van der Waals surface area contributed by atoms with Crippen LogP contribution in [-0.4, -0.2) is 40.9 Å². The van der Waals surface area contributed by atoms with Gasteiger partial charge in [0.1, 0.15) is 23.8 Å². The molecule has 13 heteroatoms. The number of hydrogen-bond donors (Lipinski definition) is 1. The molecule has 0 aliphatic carbocycles. The number of benzene rings is 3. The fourth-order valence-electron chi connectivity index (χ4n) is 4.34. The molecule has 0 aliphatic heterocycles. The fraction of sp³-hybridized carbons (Fsp3) is 0.133. The number of pyridine rings is 1. The number of fused-ring (bicyclic) bond motifs is 1. The SMILES string of the molecule is COc1cc2nccc(Oc3ccc(NC(=O)c4cn(CCF)c(=O)n(-c5ccc(F)cc5)c4=O)cc3F)c2cc1OC. The van der Waals surface area contributed by atoms with Gasteiger partial charge in [-0.2, -0.15) is 0 Å². The highest BCUT2D eigenvalue weighted by Crippen LogP contribution is 2.37. The normalized spacial score (nSPS) is 10.9. The molecule has 2 heterocycles. The molecule has 1 N–H and O–H groups in total. The summed E-state index contributed by atoms with van der Waals surface area (Å²) < 4.78 is 59.7. The number of ether oxygens (including phenoxy) is 3. The molecule has 0 saturated heterocycles. The lowest BCUT2D eigenvalue weighted by Gasteiger charge is -2.14. The largest absolute Gasteiger partial charge is 0.493 e. The highest BCUT2D eigenvalue weighted by Gasteiger charge is 2.20. The van der Waals surface area contributed by atoms with Crippen molar-refractivity contribution >= 4 is 22.5 Å². The molecule has 0 unspecified atom stereocenters. The number of carbonyl (C=O) groups is 1. The van der Waals surface area contributed by atoms with E-state index < -0.39 is 47.6 Å². The Morgan fingerprint density at radius 3 is 2.30 bits per heavy atom. The Morgan fingerprint density at radius 1 is 0.907 bits per heavy atom. The van der Waals surface area contributed by atoms with Crippen molar-refractivity contribution in [2.75, 3.05) is 26.2 Å². The zero-order valence-electron chi connectivity index (χ0n) is 22.8. The van der Waals surface area contributed by atoms with Crippen LogP contribution in [0.4, 0.5) is 18.9 Å². The van der Waals surface area contributed by atoms with Gasteiger partial charge in [0.25, 0.3) is 11.5 Å². The lowest BCUT2D eigenvalue weighted by Crippen LogP contribution is -2.42. The first kappa shape index (κ1) is 28.9. The number of hydrogen-bond acceptors (Lipinski definition) is 7. The number of nitrogens with zero attached hydrogens (tertiary/aromatic N) is 3. The molecule has 5 aromatic rings. The van der Waals surface area contributed by atoms with Gasteiger partial charge >= 0.3 is 5.69 Å². The van der Waals surface area contributed by atoms with E-state index in [2.05, 4.69) is 10.3 Å². The third-order valence-corrected chi connectivity index (χ3v) is 6.43. The molecule has 0 fully saturated rings. The van der Waals surface area contributed by atoms with Crippen LogP contribution in [-0.2, 0) is 6.54 Å². The first-order chi connectivity index (χ1) is 20.7. The lowest BCUT2D eigenvalue weighted by molar-refractivity contribution is 0.102. The predicted molar refractivity (Wildman–Crippen MR) is 152 cm³/mol. The number of amides is 1. The summed E-state index contributed by atoms with van der Waals surface area (Å²) in [6.07, 6.45) is 2.41. The topological polar surface area (TPSA) is 114 Å². The average molecular weight is 593 g/mol. The van der Waals surface area contributed by atoms with E-state index in [9.17, 15) is 23.2 Å². The van der Waals surface area contributed by atoms with Crippen LogP contribution in [0.2, 0.25) is 0 Å². The van der Waals surface area contributed by atoms with Crippen molar-refractivity contribution in [3.05, 3.63) is 111 Å². The molecule has 43 heavy (non-hydrogen) atoms. The van der Waals surface area contributed by atoms with Crippen molar-refractivity contribution in [2.45, 2.75) is 6.54 Å². The molecule has 3 aromatic carbocycles. The van der Waals surface area contributed by atoms with Crippen molar-refractivity contribution in [3.8, 4) is 28.7 Å². The van der Waals surface area contributed by atoms with Gasteiger partial charge in [-0.25, -0.2) is 22.5 Å². The van der Waals surface area contributed by atoms with Crippen molar-refractivity contribution in [3.63, 3.8) is 0 Å². The van der Waals surface area contributed by atoms with Gasteiger partial charge in [0.2, 0.25) is 0 Å². The van der Waals surface area contributed by atoms with Gasteiger partial charge < -0.3 is 19.5 Å². The van der Waals surface area contributed by atoms with Crippen LogP contribution in [0.15, 0.2) is 82.6 Å². The highest BCUT2D eigenvalue weighted by atomic mass is 19.1. The number of rotatable bonds is 9. The summed E-state index contributed by atoms with van der Waals surface area (Å²) in [6.45, 7) is -1.40. The summed E-state index contributed by atoms with van der Waals surface area (Å²) in [5.74, 6) is -1.45. The zero-order valence-corrected chi connectivity index (χ0v) is 22.8. The Kier molecular flexibility index (Phi) is 8.14. The maximum atomic E-state index is 15.1. The van der Waals surface area contributed by atoms with E-state index in [0.29, 0.717) is 27.0 Å². The number of anilines is 1. The van der Waals surface area contributed by atoms with E-state index >= 15 is 4.39 Å². The van der Waals surface area contributed by atoms with Gasteiger partial charge in [0.05, 0.1) is 32.0 Å². The fourth-order valence-corrected chi connectivity index (χ4v) is 4.34. The molecule has 0 bridgehead atoms. The molecule has 0 radical (unpaired) electrons. The van der Waals surface area contributed by atoms with Crippen molar-refractivity contribution < 1.29 is 32.2 Å². The van der Waals surface area contributed by atoms with Gasteiger partial charge in [-0.3, -0.25) is 19.1 Å². The highest BCUT2D eigenvalue weighted by molar-refractivity contribution is 6.04. The first-order valence-corrected chi connectivity index (χ1v) is 12.7. The number of aryl methyl sites for hydroxylation is 1. The van der Waals surface area contributed by atoms with E-state index in [1.54, 1.807) is 18.2 Å². The Morgan fingerprint density at radius 2 is 1.63 bits per heavy atom. The molecule has 2 aromatic heterocycles. The van der Waals surface area contributed by atoms with Crippen LogP contribution in [0.1, 0.15) is 10.4 Å². The average Bonchev–Trinajstić information content (AvgIpc) is 3.00. The van der Waals surface area contributed by atoms with Gasteiger partial charge in [-0.05, 0) is 48.5 Å². The van der Waals surface area contributed by atoms with Gasteiger partial charge in [-0.15, -0.1) is 0 Å². The maximum absolute atomic E-state index is 15.1. The smallest absolute Gasteiger partial charge is 0.335 e. The minimum atomic E-state index is -1.03. The van der Waals surface area contributed by atoms with E-state index in [4.69, 9.17) is 14.2 Å². The van der Waals surface area contributed by atoms with Gasteiger partial charge in [0, 0.05) is 35.6 Å². The predicted octanol–water partition coefficient (Wildman–Crippen LogP) is 4.86. The Hall–Kier alpha value is -5.59. The van der Waals surface area contributed by atoms with Crippen molar-refractivity contribution in [1.82, 2.24) is 14.1 Å². The summed E-state index contributed by atoms with van der Waals surface area (Å²) >= 11 is 0. The summed E-state index contributed by atoms with van der Waals surface area (Å²) in [4.78, 5) is 43.4. The maximum Gasteiger partial charge on any atom is 0.335 e. The summed E-state index contributed by atoms with van der Waals surface area (Å²) in [6, 6.07) is 12.8. The molecule has 10 nitrogen and oxygen atoms in total. The van der Waals surface area contributed by atoms with Crippen LogP contribution < -0.4 is 30.8 Å². The summed E-state index contributed by atoms with van der Waals surface area (Å²) in [7, 11) is 2.96. The molecule has 0 saturated carbocycles. The molecular weight excluding hydrogens is 569 g/mol. The van der Waals surface area contributed by atoms with Crippen LogP contribution in [0.25, 0.3) is 16.6 Å². The number of alkyl halides is 1. The molecular formula is C30H23F3N4O6. The third-order valence-electron chi connectivity index (χ3n) is 6.43. The van der Waals surface area contributed by atoms with E-state index in [0.717, 1.165) is 29.0 Å². The second-order valence-electron chi connectivity index (χ2n) is 9.06. The second-order valence-corrected chi connectivity index (χ2v) is 9.06. The van der Waals surface area contributed by atoms with E-state index in [-0.39, 0.29) is 22.9 Å². The first-order valence-electron chi connectivity index (χ1n) is 12.7. The number of halogens is 3. The minimum Gasteiger partial charge on any atom is -0.493 e. The van der Waals surface area contributed by atoms with Crippen LogP contribution in [0.5, 0.6) is 23.0 Å². The number of nitrogens with one attached hydrogen (secondary N) is 1. The van der Waals surface area contributed by atoms with Crippen LogP contribution >= 0.6 is 0 Å². The Balaban J connectivity index is 1.44. The van der Waals surface area contributed by atoms with Gasteiger partial charge in [-0.1, -0.05) is 0 Å². The minimum absolute atomic E-state index is 0.0223. The Labute approximate surface area is 241 Å². The van der Waals surface area contributed by atoms with Crippen LogP contribution in [0, 0.1) is 11.6 Å². The zero-order chi connectivity index (χ0) is 30.7. The van der Waals surface area contributed by atoms with Crippen molar-refractivity contribution in [2.24, 2.45) is 0 Å². The second kappa shape index (κ2) is 12.1. The van der Waals surface area contributed by atoms with Crippen LogP contribution in [0.3, 0.4) is 0 Å².